The van der Waals surface area contributed by atoms with Gasteiger partial charge in [-0.05, 0) is 49.4 Å². The van der Waals surface area contributed by atoms with E-state index in [1.807, 2.05) is 31.2 Å². The van der Waals surface area contributed by atoms with Gasteiger partial charge >= 0.3 is 0 Å². The first-order valence-corrected chi connectivity index (χ1v) is 9.86. The third-order valence-electron chi connectivity index (χ3n) is 4.24. The summed E-state index contributed by atoms with van der Waals surface area (Å²) in [5, 5.41) is 2.82. The minimum absolute atomic E-state index is 0.121. The van der Waals surface area contributed by atoms with Gasteiger partial charge in [0, 0.05) is 18.7 Å². The van der Waals surface area contributed by atoms with Crippen LogP contribution in [0.1, 0.15) is 34.3 Å². The minimum atomic E-state index is -3.57. The van der Waals surface area contributed by atoms with Crippen molar-refractivity contribution in [3.05, 3.63) is 65.2 Å². The molecule has 0 heterocycles. The van der Waals surface area contributed by atoms with Crippen molar-refractivity contribution in [3.8, 4) is 0 Å². The molecule has 1 aliphatic carbocycles. The Morgan fingerprint density at radius 1 is 1.12 bits per heavy atom. The number of benzene rings is 2. The van der Waals surface area contributed by atoms with Crippen LogP contribution in [-0.4, -0.2) is 20.9 Å². The summed E-state index contributed by atoms with van der Waals surface area (Å²) < 4.78 is 27.2. The Morgan fingerprint density at radius 3 is 2.52 bits per heavy atom. The third kappa shape index (κ3) is 4.90. The normalized spacial score (nSPS) is 14.3. The number of amides is 1. The number of rotatable bonds is 7. The molecule has 1 saturated carbocycles. The topological polar surface area (TPSA) is 75.3 Å². The Morgan fingerprint density at radius 2 is 1.84 bits per heavy atom. The SMILES string of the molecule is Cc1ccc(CNC(=O)c2cccc(S(=O)(=O)NCC3CC3)c2)cc1. The zero-order valence-corrected chi connectivity index (χ0v) is 15.0. The van der Waals surface area contributed by atoms with E-state index in [2.05, 4.69) is 10.0 Å². The summed E-state index contributed by atoms with van der Waals surface area (Å²) in [5.41, 5.74) is 2.49. The largest absolute Gasteiger partial charge is 0.348 e. The molecule has 2 N–H and O–H groups in total. The zero-order chi connectivity index (χ0) is 17.9. The molecule has 1 aliphatic rings. The van der Waals surface area contributed by atoms with Crippen molar-refractivity contribution in [1.82, 2.24) is 10.0 Å². The van der Waals surface area contributed by atoms with Gasteiger partial charge in [0.1, 0.15) is 0 Å². The zero-order valence-electron chi connectivity index (χ0n) is 14.2. The Hall–Kier alpha value is -2.18. The van der Waals surface area contributed by atoms with Gasteiger partial charge in [-0.25, -0.2) is 13.1 Å². The summed E-state index contributed by atoms with van der Waals surface area (Å²) >= 11 is 0. The van der Waals surface area contributed by atoms with Crippen LogP contribution >= 0.6 is 0 Å². The summed E-state index contributed by atoms with van der Waals surface area (Å²) in [7, 11) is -3.57. The van der Waals surface area contributed by atoms with Crippen LogP contribution in [0.5, 0.6) is 0 Å². The molecule has 3 rings (SSSR count). The van der Waals surface area contributed by atoms with E-state index in [9.17, 15) is 13.2 Å². The minimum Gasteiger partial charge on any atom is -0.348 e. The maximum absolute atomic E-state index is 12.3. The number of nitrogens with one attached hydrogen (secondary N) is 2. The molecule has 5 nitrogen and oxygen atoms in total. The van der Waals surface area contributed by atoms with Gasteiger partial charge in [-0.2, -0.15) is 0 Å². The molecule has 0 aromatic heterocycles. The predicted octanol–water partition coefficient (Wildman–Crippen LogP) is 2.61. The fourth-order valence-electron chi connectivity index (χ4n) is 2.43. The number of hydrogen-bond acceptors (Lipinski definition) is 3. The molecule has 132 valence electrons. The number of sulfonamides is 1. The molecule has 1 amide bonds. The van der Waals surface area contributed by atoms with Crippen molar-refractivity contribution >= 4 is 15.9 Å². The van der Waals surface area contributed by atoms with Gasteiger partial charge in [0.2, 0.25) is 10.0 Å². The second-order valence-electron chi connectivity index (χ2n) is 6.49. The van der Waals surface area contributed by atoms with E-state index in [0.29, 0.717) is 24.6 Å². The average Bonchev–Trinajstić information content (AvgIpc) is 3.44. The highest BCUT2D eigenvalue weighted by Crippen LogP contribution is 2.28. The van der Waals surface area contributed by atoms with Crippen molar-refractivity contribution < 1.29 is 13.2 Å². The molecule has 2 aromatic rings. The highest BCUT2D eigenvalue weighted by atomic mass is 32.2. The lowest BCUT2D eigenvalue weighted by Gasteiger charge is -2.09. The Kier molecular flexibility index (Phi) is 5.20. The lowest BCUT2D eigenvalue weighted by molar-refractivity contribution is 0.0950. The summed E-state index contributed by atoms with van der Waals surface area (Å²) in [6.07, 6.45) is 2.15. The molecule has 0 atom stereocenters. The maximum atomic E-state index is 12.3. The molecule has 0 unspecified atom stereocenters. The number of carbonyl (C=O) groups excluding carboxylic acids is 1. The Bertz CT molecular complexity index is 856. The molecule has 0 radical (unpaired) electrons. The van der Waals surface area contributed by atoms with Crippen molar-refractivity contribution in [3.63, 3.8) is 0 Å². The predicted molar refractivity (Wildman–Crippen MR) is 96.7 cm³/mol. The first-order valence-electron chi connectivity index (χ1n) is 8.37. The van der Waals surface area contributed by atoms with Crippen LogP contribution in [0.3, 0.4) is 0 Å². The van der Waals surface area contributed by atoms with Crippen LogP contribution < -0.4 is 10.0 Å². The fourth-order valence-corrected chi connectivity index (χ4v) is 3.59. The third-order valence-corrected chi connectivity index (χ3v) is 5.66. The van der Waals surface area contributed by atoms with Crippen LogP contribution in [0, 0.1) is 12.8 Å². The molecule has 6 heteroatoms. The quantitative estimate of drug-likeness (QED) is 0.799. The van der Waals surface area contributed by atoms with Crippen molar-refractivity contribution in [2.75, 3.05) is 6.54 Å². The Balaban J connectivity index is 1.65. The van der Waals surface area contributed by atoms with E-state index in [4.69, 9.17) is 0 Å². The number of carbonyl (C=O) groups is 1. The van der Waals surface area contributed by atoms with Crippen LogP contribution in [0.15, 0.2) is 53.4 Å². The molecular formula is C19H22N2O3S. The molecule has 2 aromatic carbocycles. The first-order chi connectivity index (χ1) is 11.9. The standard InChI is InChI=1S/C19H22N2O3S/c1-14-5-7-15(8-6-14)12-20-19(22)17-3-2-4-18(11-17)25(23,24)21-13-16-9-10-16/h2-8,11,16,21H,9-10,12-13H2,1H3,(H,20,22). The van der Waals surface area contributed by atoms with E-state index in [1.165, 1.54) is 12.1 Å². The van der Waals surface area contributed by atoms with Crippen LogP contribution in [0.25, 0.3) is 0 Å². The van der Waals surface area contributed by atoms with Gasteiger partial charge in [-0.1, -0.05) is 35.9 Å². The molecule has 0 bridgehead atoms. The van der Waals surface area contributed by atoms with Gasteiger partial charge in [-0.15, -0.1) is 0 Å². The smallest absolute Gasteiger partial charge is 0.251 e. The van der Waals surface area contributed by atoms with E-state index >= 15 is 0 Å². The van der Waals surface area contributed by atoms with Crippen LogP contribution in [0.4, 0.5) is 0 Å². The summed E-state index contributed by atoms with van der Waals surface area (Å²) in [4.78, 5) is 12.4. The number of hydrogen-bond donors (Lipinski definition) is 2. The molecular weight excluding hydrogens is 336 g/mol. The first kappa shape index (κ1) is 17.6. The lowest BCUT2D eigenvalue weighted by Crippen LogP contribution is -2.27. The summed E-state index contributed by atoms with van der Waals surface area (Å²) in [6, 6.07) is 14.0. The molecule has 1 fully saturated rings. The molecule has 0 saturated heterocycles. The van der Waals surface area contributed by atoms with Gasteiger partial charge in [0.25, 0.3) is 5.91 Å². The second kappa shape index (κ2) is 7.37. The molecule has 0 spiro atoms. The van der Waals surface area contributed by atoms with E-state index in [1.54, 1.807) is 12.1 Å². The fraction of sp³-hybridized carbons (Fsp3) is 0.316. The highest BCUT2D eigenvalue weighted by molar-refractivity contribution is 7.89. The van der Waals surface area contributed by atoms with Crippen molar-refractivity contribution in [1.29, 1.82) is 0 Å². The van der Waals surface area contributed by atoms with Crippen LogP contribution in [0.2, 0.25) is 0 Å². The summed E-state index contributed by atoms with van der Waals surface area (Å²) in [5.74, 6) is 0.163. The van der Waals surface area contributed by atoms with E-state index in [0.717, 1.165) is 24.0 Å². The maximum Gasteiger partial charge on any atom is 0.251 e. The lowest BCUT2D eigenvalue weighted by atomic mass is 10.1. The average molecular weight is 358 g/mol. The van der Waals surface area contributed by atoms with Gasteiger partial charge in [0.05, 0.1) is 4.90 Å². The highest BCUT2D eigenvalue weighted by Gasteiger charge is 2.24. The number of aryl methyl sites for hydroxylation is 1. The Labute approximate surface area is 148 Å². The van der Waals surface area contributed by atoms with Gasteiger partial charge in [0.15, 0.2) is 0 Å². The van der Waals surface area contributed by atoms with Gasteiger partial charge < -0.3 is 5.32 Å². The summed E-state index contributed by atoms with van der Waals surface area (Å²) in [6.45, 7) is 2.87. The van der Waals surface area contributed by atoms with E-state index < -0.39 is 10.0 Å². The van der Waals surface area contributed by atoms with Gasteiger partial charge in [-0.3, -0.25) is 4.79 Å². The van der Waals surface area contributed by atoms with Crippen molar-refractivity contribution in [2.45, 2.75) is 31.2 Å². The molecule has 0 aliphatic heterocycles. The van der Waals surface area contributed by atoms with Crippen LogP contribution in [-0.2, 0) is 16.6 Å². The van der Waals surface area contributed by atoms with E-state index in [-0.39, 0.29) is 10.8 Å². The van der Waals surface area contributed by atoms with Crippen molar-refractivity contribution in [2.24, 2.45) is 5.92 Å². The monoisotopic (exact) mass is 358 g/mol. The molecule has 25 heavy (non-hydrogen) atoms. The second-order valence-corrected chi connectivity index (χ2v) is 8.26.